The van der Waals surface area contributed by atoms with Crippen LogP contribution in [0.1, 0.15) is 35.5 Å². The minimum atomic E-state index is 0.307. The van der Waals surface area contributed by atoms with Crippen LogP contribution in [0.25, 0.3) is 16.8 Å². The highest BCUT2D eigenvalue weighted by Gasteiger charge is 2.25. The number of hydrogen-bond donors (Lipinski definition) is 0. The zero-order valence-corrected chi connectivity index (χ0v) is 19.3. The molecule has 1 aromatic heterocycles. The quantitative estimate of drug-likeness (QED) is 0.331. The van der Waals surface area contributed by atoms with Crippen molar-refractivity contribution >= 4 is 34.3 Å². The number of fused-ring (bicyclic) bond motifs is 3. The number of benzene rings is 3. The maximum absolute atomic E-state index is 2.42. The van der Waals surface area contributed by atoms with Gasteiger partial charge in [-0.05, 0) is 23.1 Å². The van der Waals surface area contributed by atoms with E-state index in [9.17, 15) is 0 Å². The molecule has 3 aromatic carbocycles. The lowest BCUT2D eigenvalue weighted by Gasteiger charge is -2.16. The Bertz CT molecular complexity index is 1280. The molecule has 1 aliphatic heterocycles. The predicted octanol–water partition coefficient (Wildman–Crippen LogP) is 6.89. The third kappa shape index (κ3) is 3.53. The van der Waals surface area contributed by atoms with Crippen molar-refractivity contribution in [2.45, 2.75) is 31.7 Å². The molecule has 4 aromatic rings. The summed E-state index contributed by atoms with van der Waals surface area (Å²) in [6.07, 6.45) is 2.32. The summed E-state index contributed by atoms with van der Waals surface area (Å²) in [6.45, 7) is 6.69. The Morgan fingerprint density at radius 3 is 2.29 bits per heavy atom. The van der Waals surface area contributed by atoms with Crippen molar-refractivity contribution in [1.82, 2.24) is 0 Å². The third-order valence-corrected chi connectivity index (χ3v) is 7.36. The smallest absolute Gasteiger partial charge is 0.181 e. The van der Waals surface area contributed by atoms with Crippen LogP contribution < -0.4 is 9.47 Å². The van der Waals surface area contributed by atoms with Gasteiger partial charge in [0, 0.05) is 55.8 Å². The number of anilines is 1. The molecular weight excluding hydrogens is 396 g/mol. The average molecular weight is 424 g/mol. The molecule has 0 spiro atoms. The molecule has 0 aliphatic carbocycles. The SMILES string of the molecule is Cc1cc(C=C2Sc3ccc4ccccc4c3N2C)cc(C)[n+]1C(C)c1ccccc1. The third-order valence-electron chi connectivity index (χ3n) is 6.21. The Morgan fingerprint density at radius 2 is 1.55 bits per heavy atom. The monoisotopic (exact) mass is 423 g/mol. The summed E-state index contributed by atoms with van der Waals surface area (Å²) in [7, 11) is 2.18. The summed E-state index contributed by atoms with van der Waals surface area (Å²) in [4.78, 5) is 3.66. The Labute approximate surface area is 188 Å². The topological polar surface area (TPSA) is 7.12 Å². The van der Waals surface area contributed by atoms with E-state index in [1.54, 1.807) is 0 Å². The van der Waals surface area contributed by atoms with Gasteiger partial charge in [0.25, 0.3) is 0 Å². The van der Waals surface area contributed by atoms with Crippen LogP contribution in [0.5, 0.6) is 0 Å². The van der Waals surface area contributed by atoms with Crippen LogP contribution in [-0.2, 0) is 0 Å². The Hall–Kier alpha value is -3.04. The summed E-state index contributed by atoms with van der Waals surface area (Å²) >= 11 is 1.85. The van der Waals surface area contributed by atoms with Gasteiger partial charge in [0.1, 0.15) is 0 Å². The van der Waals surface area contributed by atoms with Crippen LogP contribution in [-0.4, -0.2) is 7.05 Å². The average Bonchev–Trinajstić information content (AvgIpc) is 3.09. The molecular formula is C28H27N2S+. The Balaban J connectivity index is 1.51. The molecule has 1 aliphatic rings. The number of nitrogens with zero attached hydrogens (tertiary/aromatic N) is 2. The summed E-state index contributed by atoms with van der Waals surface area (Å²) < 4.78 is 2.42. The molecule has 2 heterocycles. The molecule has 3 heteroatoms. The van der Waals surface area contributed by atoms with Crippen LogP contribution in [0.4, 0.5) is 5.69 Å². The van der Waals surface area contributed by atoms with E-state index in [0.717, 1.165) is 0 Å². The summed E-state index contributed by atoms with van der Waals surface area (Å²) in [5.74, 6) is 0. The van der Waals surface area contributed by atoms with Gasteiger partial charge in [-0.3, -0.25) is 0 Å². The maximum Gasteiger partial charge on any atom is 0.181 e. The van der Waals surface area contributed by atoms with Crippen molar-refractivity contribution in [3.63, 3.8) is 0 Å². The first-order valence-electron chi connectivity index (χ1n) is 10.8. The Kier molecular flexibility index (Phi) is 5.07. The fraction of sp³-hybridized carbons (Fsp3) is 0.179. The number of pyridine rings is 1. The molecule has 1 atom stereocenters. The van der Waals surface area contributed by atoms with Crippen molar-refractivity contribution < 1.29 is 4.57 Å². The van der Waals surface area contributed by atoms with E-state index in [4.69, 9.17) is 0 Å². The van der Waals surface area contributed by atoms with Crippen LogP contribution in [0, 0.1) is 13.8 Å². The second-order valence-electron chi connectivity index (χ2n) is 8.31. The molecule has 0 saturated heterocycles. The van der Waals surface area contributed by atoms with E-state index < -0.39 is 0 Å². The van der Waals surface area contributed by atoms with Gasteiger partial charge in [0.05, 0.1) is 10.7 Å². The van der Waals surface area contributed by atoms with Gasteiger partial charge in [0.2, 0.25) is 0 Å². The van der Waals surface area contributed by atoms with Crippen LogP contribution in [0.15, 0.2) is 88.8 Å². The molecule has 0 amide bonds. The summed E-state index contributed by atoms with van der Waals surface area (Å²) in [6, 6.07) is 28.7. The number of hydrogen-bond acceptors (Lipinski definition) is 2. The van der Waals surface area contributed by atoms with E-state index in [0.29, 0.717) is 6.04 Å². The van der Waals surface area contributed by atoms with E-state index in [1.807, 2.05) is 11.8 Å². The first-order chi connectivity index (χ1) is 15.0. The molecule has 0 radical (unpaired) electrons. The fourth-order valence-electron chi connectivity index (χ4n) is 4.74. The van der Waals surface area contributed by atoms with Crippen LogP contribution >= 0.6 is 11.8 Å². The molecule has 154 valence electrons. The van der Waals surface area contributed by atoms with Gasteiger partial charge in [-0.1, -0.05) is 72.4 Å². The van der Waals surface area contributed by atoms with E-state index in [2.05, 4.69) is 122 Å². The van der Waals surface area contributed by atoms with Gasteiger partial charge in [0.15, 0.2) is 17.4 Å². The lowest BCUT2D eigenvalue weighted by Crippen LogP contribution is -2.44. The van der Waals surface area contributed by atoms with Gasteiger partial charge in [-0.2, -0.15) is 4.57 Å². The second kappa shape index (κ2) is 7.90. The van der Waals surface area contributed by atoms with Crippen molar-refractivity contribution in [2.75, 3.05) is 11.9 Å². The van der Waals surface area contributed by atoms with Gasteiger partial charge >= 0.3 is 0 Å². The molecule has 0 fully saturated rings. The highest BCUT2D eigenvalue weighted by Crippen LogP contribution is 2.49. The number of thioether (sulfide) groups is 1. The summed E-state index contributed by atoms with van der Waals surface area (Å²) in [5, 5.41) is 3.87. The molecule has 31 heavy (non-hydrogen) atoms. The van der Waals surface area contributed by atoms with Crippen LogP contribution in [0.3, 0.4) is 0 Å². The van der Waals surface area contributed by atoms with Gasteiger partial charge < -0.3 is 4.90 Å². The van der Waals surface area contributed by atoms with Gasteiger partial charge in [-0.25, -0.2) is 0 Å². The van der Waals surface area contributed by atoms with Crippen molar-refractivity contribution in [3.05, 3.63) is 106 Å². The second-order valence-corrected chi connectivity index (χ2v) is 9.37. The van der Waals surface area contributed by atoms with Crippen molar-refractivity contribution in [1.29, 1.82) is 0 Å². The highest BCUT2D eigenvalue weighted by atomic mass is 32.2. The van der Waals surface area contributed by atoms with E-state index >= 15 is 0 Å². The maximum atomic E-state index is 2.42. The minimum absolute atomic E-state index is 0.307. The van der Waals surface area contributed by atoms with Crippen LogP contribution in [0.2, 0.25) is 0 Å². The minimum Gasteiger partial charge on any atom is -0.338 e. The van der Waals surface area contributed by atoms with Gasteiger partial charge in [-0.15, -0.1) is 0 Å². The molecule has 0 bridgehead atoms. The first-order valence-corrected chi connectivity index (χ1v) is 11.6. The predicted molar refractivity (Wildman–Crippen MR) is 133 cm³/mol. The molecule has 0 N–H and O–H groups in total. The lowest BCUT2D eigenvalue weighted by molar-refractivity contribution is -0.721. The molecule has 2 nitrogen and oxygen atoms in total. The van der Waals surface area contributed by atoms with Crippen molar-refractivity contribution in [2.24, 2.45) is 0 Å². The summed E-state index contributed by atoms with van der Waals surface area (Å²) in [5.41, 5.74) is 6.44. The molecule has 0 saturated carbocycles. The molecule has 5 rings (SSSR count). The zero-order chi connectivity index (χ0) is 21.5. The standard InChI is InChI=1S/C28H27N2S/c1-19-16-22(17-20(2)30(19)21(3)23-10-6-5-7-11-23)18-27-29(4)28-25-13-9-8-12-24(25)14-15-26(28)31-27/h5-18,21H,1-4H3/q+1. The zero-order valence-electron chi connectivity index (χ0n) is 18.5. The fourth-order valence-corrected chi connectivity index (χ4v) is 5.87. The van der Waals surface area contributed by atoms with Crippen molar-refractivity contribution in [3.8, 4) is 0 Å². The number of aromatic nitrogens is 1. The normalized spacial score (nSPS) is 15.5. The number of rotatable bonds is 3. The largest absolute Gasteiger partial charge is 0.338 e. The lowest BCUT2D eigenvalue weighted by atomic mass is 10.1. The van der Waals surface area contributed by atoms with E-state index in [1.165, 1.54) is 48.9 Å². The first kappa shape index (κ1) is 19.9. The molecule has 1 unspecified atom stereocenters. The highest BCUT2D eigenvalue weighted by molar-refractivity contribution is 8.04. The van der Waals surface area contributed by atoms with E-state index in [-0.39, 0.29) is 0 Å². The Morgan fingerprint density at radius 1 is 0.871 bits per heavy atom. The number of aryl methyl sites for hydroxylation is 2.